The number of fused-ring (bicyclic) bond motifs is 2. The van der Waals surface area contributed by atoms with Crippen LogP contribution in [0, 0.1) is 0 Å². The fourth-order valence-electron chi connectivity index (χ4n) is 3.58. The van der Waals surface area contributed by atoms with Crippen LogP contribution >= 0.6 is 0 Å². The number of amides is 1. The number of para-hydroxylation sites is 1. The lowest BCUT2D eigenvalue weighted by Gasteiger charge is -2.43. The van der Waals surface area contributed by atoms with E-state index < -0.39 is 0 Å². The maximum absolute atomic E-state index is 12.8. The van der Waals surface area contributed by atoms with Crippen molar-refractivity contribution in [3.8, 4) is 0 Å². The van der Waals surface area contributed by atoms with E-state index in [1.165, 1.54) is 12.8 Å². The van der Waals surface area contributed by atoms with Gasteiger partial charge in [-0.25, -0.2) is 0 Å². The van der Waals surface area contributed by atoms with Gasteiger partial charge in [0.2, 0.25) is 0 Å². The summed E-state index contributed by atoms with van der Waals surface area (Å²) in [7, 11) is 0. The molecule has 0 bridgehead atoms. The van der Waals surface area contributed by atoms with Gasteiger partial charge < -0.3 is 14.1 Å². The lowest BCUT2D eigenvalue weighted by molar-refractivity contribution is -0.0759. The van der Waals surface area contributed by atoms with Gasteiger partial charge in [0.1, 0.15) is 5.58 Å². The molecule has 110 valence electrons. The smallest absolute Gasteiger partial charge is 0.290 e. The molecule has 2 aliphatic rings. The first-order valence-corrected chi connectivity index (χ1v) is 7.74. The van der Waals surface area contributed by atoms with Gasteiger partial charge in [-0.3, -0.25) is 4.79 Å². The minimum absolute atomic E-state index is 0.00593. The molecule has 2 fully saturated rings. The largest absolute Gasteiger partial charge is 0.451 e. The average Bonchev–Trinajstić information content (AvgIpc) is 2.97. The molecule has 4 nitrogen and oxygen atoms in total. The summed E-state index contributed by atoms with van der Waals surface area (Å²) in [6.07, 6.45) is 4.69. The van der Waals surface area contributed by atoms with E-state index in [1.807, 2.05) is 35.2 Å². The molecule has 0 spiro atoms. The molecule has 1 aromatic carbocycles. The van der Waals surface area contributed by atoms with Crippen LogP contribution in [-0.2, 0) is 4.74 Å². The van der Waals surface area contributed by atoms with Gasteiger partial charge in [0.05, 0.1) is 18.8 Å². The number of hydrogen-bond acceptors (Lipinski definition) is 3. The van der Waals surface area contributed by atoms with E-state index in [0.29, 0.717) is 18.9 Å². The maximum Gasteiger partial charge on any atom is 0.290 e. The first-order chi connectivity index (χ1) is 10.3. The predicted molar refractivity (Wildman–Crippen MR) is 79.2 cm³/mol. The number of rotatable bonds is 1. The number of ether oxygens (including phenoxy) is 1. The van der Waals surface area contributed by atoms with Gasteiger partial charge in [0.15, 0.2) is 5.76 Å². The lowest BCUT2D eigenvalue weighted by Crippen LogP contribution is -2.54. The molecule has 1 amide bonds. The van der Waals surface area contributed by atoms with Gasteiger partial charge in [0, 0.05) is 11.9 Å². The average molecular weight is 285 g/mol. The van der Waals surface area contributed by atoms with E-state index in [1.54, 1.807) is 0 Å². The molecule has 2 atom stereocenters. The van der Waals surface area contributed by atoms with Crippen LogP contribution in [0.2, 0.25) is 0 Å². The van der Waals surface area contributed by atoms with E-state index in [9.17, 15) is 4.79 Å². The lowest BCUT2D eigenvalue weighted by atomic mass is 9.90. The summed E-state index contributed by atoms with van der Waals surface area (Å²) in [5, 5.41) is 0.981. The number of furan rings is 1. The molecule has 2 aromatic rings. The SMILES string of the molecule is O=C(c1cc2ccccc2o1)N1CCO[C@H]2CCCC[C@@H]21. The highest BCUT2D eigenvalue weighted by Crippen LogP contribution is 2.30. The van der Waals surface area contributed by atoms with Crippen molar-refractivity contribution in [2.24, 2.45) is 0 Å². The molecule has 0 N–H and O–H groups in total. The molecule has 4 heteroatoms. The Hall–Kier alpha value is -1.81. The molecule has 21 heavy (non-hydrogen) atoms. The quantitative estimate of drug-likeness (QED) is 0.808. The van der Waals surface area contributed by atoms with Gasteiger partial charge >= 0.3 is 0 Å². The summed E-state index contributed by atoms with van der Waals surface area (Å²) in [4.78, 5) is 14.8. The van der Waals surface area contributed by atoms with Crippen LogP contribution in [0.1, 0.15) is 36.2 Å². The zero-order chi connectivity index (χ0) is 14.2. The molecule has 1 aliphatic heterocycles. The van der Waals surface area contributed by atoms with Crippen LogP contribution in [0.15, 0.2) is 34.7 Å². The van der Waals surface area contributed by atoms with Crippen LogP contribution in [0.25, 0.3) is 11.0 Å². The molecule has 4 rings (SSSR count). The third-order valence-corrected chi connectivity index (χ3v) is 4.63. The third kappa shape index (κ3) is 2.23. The number of nitrogens with zero attached hydrogens (tertiary/aromatic N) is 1. The van der Waals surface area contributed by atoms with Crippen molar-refractivity contribution in [1.82, 2.24) is 4.90 Å². The Balaban J connectivity index is 1.63. The normalized spacial score (nSPS) is 25.8. The highest BCUT2D eigenvalue weighted by molar-refractivity contribution is 5.96. The highest BCUT2D eigenvalue weighted by Gasteiger charge is 2.37. The molecule has 0 radical (unpaired) electrons. The Bertz CT molecular complexity index is 628. The fourth-order valence-corrected chi connectivity index (χ4v) is 3.58. The van der Waals surface area contributed by atoms with Gasteiger partial charge in [-0.1, -0.05) is 31.0 Å². The number of carbonyl (C=O) groups is 1. The Kier molecular flexibility index (Phi) is 3.19. The van der Waals surface area contributed by atoms with Crippen LogP contribution < -0.4 is 0 Å². The van der Waals surface area contributed by atoms with E-state index in [4.69, 9.17) is 9.15 Å². The van der Waals surface area contributed by atoms with E-state index in [2.05, 4.69) is 0 Å². The minimum atomic E-state index is 0.00593. The Morgan fingerprint density at radius 2 is 2.05 bits per heavy atom. The van der Waals surface area contributed by atoms with Crippen LogP contribution in [0.4, 0.5) is 0 Å². The topological polar surface area (TPSA) is 42.7 Å². The summed E-state index contributed by atoms with van der Waals surface area (Å²) < 4.78 is 11.6. The molecule has 2 heterocycles. The van der Waals surface area contributed by atoms with Crippen molar-refractivity contribution < 1.29 is 13.9 Å². The zero-order valence-electron chi connectivity index (χ0n) is 12.0. The van der Waals surface area contributed by atoms with Crippen molar-refractivity contribution in [2.45, 2.75) is 37.8 Å². The molecular formula is C17H19NO3. The molecule has 1 aliphatic carbocycles. The summed E-state index contributed by atoms with van der Waals surface area (Å²) in [6.45, 7) is 1.30. The molecule has 1 aromatic heterocycles. The zero-order valence-corrected chi connectivity index (χ0v) is 12.0. The fraction of sp³-hybridized carbons (Fsp3) is 0.471. The van der Waals surface area contributed by atoms with Gasteiger partial charge in [0.25, 0.3) is 5.91 Å². The van der Waals surface area contributed by atoms with Crippen molar-refractivity contribution in [1.29, 1.82) is 0 Å². The van der Waals surface area contributed by atoms with Crippen molar-refractivity contribution in [2.75, 3.05) is 13.2 Å². The summed E-state index contributed by atoms with van der Waals surface area (Å²) in [5.74, 6) is 0.453. The number of benzene rings is 1. The first-order valence-electron chi connectivity index (χ1n) is 7.74. The molecule has 1 saturated carbocycles. The monoisotopic (exact) mass is 285 g/mol. The van der Waals surface area contributed by atoms with Crippen LogP contribution in [-0.4, -0.2) is 36.1 Å². The summed E-state index contributed by atoms with van der Waals surface area (Å²) in [6, 6.07) is 9.82. The van der Waals surface area contributed by atoms with E-state index >= 15 is 0 Å². The predicted octanol–water partition coefficient (Wildman–Crippen LogP) is 3.22. The van der Waals surface area contributed by atoms with Gasteiger partial charge in [-0.15, -0.1) is 0 Å². The Labute approximate surface area is 123 Å². The van der Waals surface area contributed by atoms with Crippen molar-refractivity contribution in [3.63, 3.8) is 0 Å². The Morgan fingerprint density at radius 1 is 1.19 bits per heavy atom. The standard InChI is InChI=1S/C17H19NO3/c19-17(16-11-12-5-1-3-7-14(12)21-16)18-9-10-20-15-8-4-2-6-13(15)18/h1,3,5,7,11,13,15H,2,4,6,8-10H2/t13-,15-/m0/s1. The number of hydrogen-bond donors (Lipinski definition) is 0. The second-order valence-corrected chi connectivity index (χ2v) is 5.91. The third-order valence-electron chi connectivity index (χ3n) is 4.63. The Morgan fingerprint density at radius 3 is 2.95 bits per heavy atom. The second kappa shape index (κ2) is 5.19. The minimum Gasteiger partial charge on any atom is -0.451 e. The molecule has 0 unspecified atom stereocenters. The summed E-state index contributed by atoms with van der Waals surface area (Å²) >= 11 is 0. The first kappa shape index (κ1) is 12.9. The van der Waals surface area contributed by atoms with Crippen molar-refractivity contribution in [3.05, 3.63) is 36.1 Å². The van der Waals surface area contributed by atoms with E-state index in [0.717, 1.165) is 23.8 Å². The number of carbonyl (C=O) groups excluding carboxylic acids is 1. The van der Waals surface area contributed by atoms with Crippen molar-refractivity contribution >= 4 is 16.9 Å². The van der Waals surface area contributed by atoms with Gasteiger partial charge in [-0.05, 0) is 25.0 Å². The number of morpholine rings is 1. The molecule has 1 saturated heterocycles. The second-order valence-electron chi connectivity index (χ2n) is 5.91. The maximum atomic E-state index is 12.8. The van der Waals surface area contributed by atoms with E-state index in [-0.39, 0.29) is 18.1 Å². The van der Waals surface area contributed by atoms with Crippen LogP contribution in [0.3, 0.4) is 0 Å². The summed E-state index contributed by atoms with van der Waals surface area (Å²) in [5.41, 5.74) is 0.773. The van der Waals surface area contributed by atoms with Gasteiger partial charge in [-0.2, -0.15) is 0 Å². The highest BCUT2D eigenvalue weighted by atomic mass is 16.5. The molecular weight excluding hydrogens is 266 g/mol. The van der Waals surface area contributed by atoms with Crippen LogP contribution in [0.5, 0.6) is 0 Å².